The topological polar surface area (TPSA) is 43.1 Å². The maximum atomic E-state index is 13.9. The van der Waals surface area contributed by atoms with E-state index in [4.69, 9.17) is 0 Å². The van der Waals surface area contributed by atoms with Crippen molar-refractivity contribution in [2.45, 2.75) is 19.4 Å². The van der Waals surface area contributed by atoms with Crippen LogP contribution in [0.2, 0.25) is 0 Å². The molecule has 0 radical (unpaired) electrons. The lowest BCUT2D eigenvalue weighted by atomic mass is 9.94. The highest BCUT2D eigenvalue weighted by atomic mass is 19.2. The Kier molecular flexibility index (Phi) is 4.62. The summed E-state index contributed by atoms with van der Waals surface area (Å²) in [7, 11) is 3.58. The third kappa shape index (κ3) is 2.93. The fourth-order valence-electron chi connectivity index (χ4n) is 4.76. The number of hydrogen-bond donors (Lipinski definition) is 0. The lowest BCUT2D eigenvalue weighted by Crippen LogP contribution is -2.39. The fraction of sp³-hybridized carbons (Fsp3) is 0.250. The number of benzene rings is 2. The molecule has 8 heteroatoms. The molecule has 164 valence electrons. The molecule has 1 unspecified atom stereocenters. The Hall–Kier alpha value is -3.55. The molecule has 0 saturated carbocycles. The molecule has 1 atom stereocenters. The van der Waals surface area contributed by atoms with Crippen LogP contribution in [0.15, 0.2) is 42.6 Å². The summed E-state index contributed by atoms with van der Waals surface area (Å²) < 4.78 is 44.6. The van der Waals surface area contributed by atoms with E-state index in [0.717, 1.165) is 28.6 Å². The minimum atomic E-state index is -1.50. The monoisotopic (exact) mass is 438 g/mol. The quantitative estimate of drug-likeness (QED) is 0.424. The molecule has 2 aromatic carbocycles. The standard InChI is InChI=1S/C24H21F3N4O/c1-13-21-16(23(30(3)28-21)15-11-18(25)20(27)19(26)12-15)8-10-31(13)24(32)17-6-4-5-14-7-9-29(2)22(14)17/h4-7,9,11-13H,8,10H2,1-3H3. The molecule has 4 aromatic rings. The zero-order valence-electron chi connectivity index (χ0n) is 17.9. The van der Waals surface area contributed by atoms with Gasteiger partial charge in [0.1, 0.15) is 0 Å². The summed E-state index contributed by atoms with van der Waals surface area (Å²) in [5.74, 6) is -4.08. The molecule has 2 aromatic heterocycles. The number of carbonyl (C=O) groups is 1. The van der Waals surface area contributed by atoms with E-state index in [2.05, 4.69) is 5.10 Å². The van der Waals surface area contributed by atoms with Crippen molar-refractivity contribution >= 4 is 16.8 Å². The minimum absolute atomic E-state index is 0.0957. The van der Waals surface area contributed by atoms with E-state index in [1.165, 1.54) is 0 Å². The lowest BCUT2D eigenvalue weighted by Gasteiger charge is -2.33. The molecule has 0 saturated heterocycles. The molecule has 1 aliphatic rings. The molecule has 0 bridgehead atoms. The number of amides is 1. The highest BCUT2D eigenvalue weighted by Crippen LogP contribution is 2.37. The number of para-hydroxylation sites is 1. The summed E-state index contributed by atoms with van der Waals surface area (Å²) in [6.07, 6.45) is 2.39. The number of rotatable bonds is 2. The first-order chi connectivity index (χ1) is 15.3. The number of nitrogens with zero attached hydrogens (tertiary/aromatic N) is 4. The zero-order chi connectivity index (χ0) is 22.7. The molecular weight excluding hydrogens is 417 g/mol. The van der Waals surface area contributed by atoms with E-state index >= 15 is 0 Å². The fourth-order valence-corrected chi connectivity index (χ4v) is 4.76. The Morgan fingerprint density at radius 2 is 1.81 bits per heavy atom. The smallest absolute Gasteiger partial charge is 0.256 e. The van der Waals surface area contributed by atoms with Gasteiger partial charge >= 0.3 is 0 Å². The second kappa shape index (κ2) is 7.25. The van der Waals surface area contributed by atoms with Gasteiger partial charge in [-0.15, -0.1) is 0 Å². The number of hydrogen-bond acceptors (Lipinski definition) is 2. The van der Waals surface area contributed by atoms with Crippen LogP contribution in [0.5, 0.6) is 0 Å². The van der Waals surface area contributed by atoms with Crippen LogP contribution in [-0.4, -0.2) is 31.7 Å². The van der Waals surface area contributed by atoms with Gasteiger partial charge < -0.3 is 9.47 Å². The first kappa shape index (κ1) is 20.4. The molecule has 0 fully saturated rings. The Balaban J connectivity index is 1.55. The maximum Gasteiger partial charge on any atom is 0.256 e. The van der Waals surface area contributed by atoms with Crippen molar-refractivity contribution in [3.63, 3.8) is 0 Å². The molecule has 5 nitrogen and oxygen atoms in total. The summed E-state index contributed by atoms with van der Waals surface area (Å²) in [5, 5.41) is 5.56. The molecular formula is C24H21F3N4O. The van der Waals surface area contributed by atoms with Crippen molar-refractivity contribution in [2.24, 2.45) is 14.1 Å². The number of aryl methyl sites for hydroxylation is 2. The summed E-state index contributed by atoms with van der Waals surface area (Å²) in [5.41, 5.74) is 3.72. The number of halogens is 3. The predicted molar refractivity (Wildman–Crippen MR) is 115 cm³/mol. The predicted octanol–water partition coefficient (Wildman–Crippen LogP) is 4.76. The Labute approximate surface area is 182 Å². The van der Waals surface area contributed by atoms with Gasteiger partial charge in [0.25, 0.3) is 5.91 Å². The largest absolute Gasteiger partial charge is 0.350 e. The molecule has 1 amide bonds. The van der Waals surface area contributed by atoms with Gasteiger partial charge in [0.05, 0.1) is 28.5 Å². The molecule has 0 spiro atoms. The van der Waals surface area contributed by atoms with Gasteiger partial charge in [0.2, 0.25) is 0 Å². The van der Waals surface area contributed by atoms with Crippen molar-refractivity contribution in [1.29, 1.82) is 0 Å². The molecule has 3 heterocycles. The Morgan fingerprint density at radius 3 is 2.53 bits per heavy atom. The van der Waals surface area contributed by atoms with Crippen LogP contribution in [0.1, 0.15) is 34.6 Å². The highest BCUT2D eigenvalue weighted by Gasteiger charge is 2.34. The van der Waals surface area contributed by atoms with Crippen LogP contribution in [0.4, 0.5) is 13.2 Å². The normalized spacial score (nSPS) is 15.9. The molecule has 32 heavy (non-hydrogen) atoms. The van der Waals surface area contributed by atoms with E-state index in [1.54, 1.807) is 16.6 Å². The van der Waals surface area contributed by atoms with Gasteiger partial charge in [-0.1, -0.05) is 12.1 Å². The number of aromatic nitrogens is 3. The second-order valence-electron chi connectivity index (χ2n) is 8.18. The Morgan fingerprint density at radius 1 is 1.09 bits per heavy atom. The number of fused-ring (bicyclic) bond motifs is 2. The van der Waals surface area contributed by atoms with Crippen LogP contribution in [0, 0.1) is 17.5 Å². The third-order valence-corrected chi connectivity index (χ3v) is 6.29. The summed E-state index contributed by atoms with van der Waals surface area (Å²) >= 11 is 0. The van der Waals surface area contributed by atoms with Crippen LogP contribution in [0.25, 0.3) is 22.2 Å². The van der Waals surface area contributed by atoms with Crippen molar-refractivity contribution < 1.29 is 18.0 Å². The van der Waals surface area contributed by atoms with Crippen molar-refractivity contribution in [3.05, 3.63) is 76.9 Å². The van der Waals surface area contributed by atoms with Crippen LogP contribution in [-0.2, 0) is 20.5 Å². The lowest BCUT2D eigenvalue weighted by molar-refractivity contribution is 0.0675. The van der Waals surface area contributed by atoms with Gasteiger partial charge in [-0.2, -0.15) is 5.10 Å². The second-order valence-corrected chi connectivity index (χ2v) is 8.18. The van der Waals surface area contributed by atoms with Crippen LogP contribution in [0.3, 0.4) is 0 Å². The van der Waals surface area contributed by atoms with Gasteiger partial charge in [0, 0.05) is 43.4 Å². The van der Waals surface area contributed by atoms with Gasteiger partial charge in [-0.25, -0.2) is 13.2 Å². The minimum Gasteiger partial charge on any atom is -0.350 e. The summed E-state index contributed by atoms with van der Waals surface area (Å²) in [6, 6.07) is 9.25. The van der Waals surface area contributed by atoms with Crippen LogP contribution >= 0.6 is 0 Å². The summed E-state index contributed by atoms with van der Waals surface area (Å²) in [6.45, 7) is 2.32. The first-order valence-electron chi connectivity index (χ1n) is 10.3. The maximum absolute atomic E-state index is 13.9. The molecule has 0 N–H and O–H groups in total. The average molecular weight is 438 g/mol. The summed E-state index contributed by atoms with van der Waals surface area (Å²) in [4.78, 5) is 15.3. The molecule has 0 aliphatic carbocycles. The average Bonchev–Trinajstić information content (AvgIpc) is 3.31. The van der Waals surface area contributed by atoms with Gasteiger partial charge in [0.15, 0.2) is 17.5 Å². The highest BCUT2D eigenvalue weighted by molar-refractivity contribution is 6.06. The SMILES string of the molecule is CC1c2nn(C)c(-c3cc(F)c(F)c(F)c3)c2CCN1C(=O)c1cccc2ccn(C)c12. The first-order valence-corrected chi connectivity index (χ1v) is 10.3. The van der Waals surface area contributed by atoms with E-state index in [1.807, 2.05) is 49.0 Å². The van der Waals surface area contributed by atoms with Crippen molar-refractivity contribution in [3.8, 4) is 11.3 Å². The van der Waals surface area contributed by atoms with Gasteiger partial charge in [-0.3, -0.25) is 9.48 Å². The zero-order valence-corrected chi connectivity index (χ0v) is 17.9. The van der Waals surface area contributed by atoms with E-state index in [0.29, 0.717) is 29.9 Å². The van der Waals surface area contributed by atoms with Gasteiger partial charge in [-0.05, 0) is 37.6 Å². The van der Waals surface area contributed by atoms with Crippen molar-refractivity contribution in [2.75, 3.05) is 6.54 Å². The van der Waals surface area contributed by atoms with Crippen molar-refractivity contribution in [1.82, 2.24) is 19.2 Å². The Bertz CT molecular complexity index is 1360. The van der Waals surface area contributed by atoms with E-state index in [9.17, 15) is 18.0 Å². The van der Waals surface area contributed by atoms with E-state index in [-0.39, 0.29) is 17.5 Å². The third-order valence-electron chi connectivity index (χ3n) is 6.29. The molecule has 5 rings (SSSR count). The number of carbonyl (C=O) groups excluding carboxylic acids is 1. The molecule has 1 aliphatic heterocycles. The van der Waals surface area contributed by atoms with Crippen LogP contribution < -0.4 is 0 Å². The van der Waals surface area contributed by atoms with E-state index < -0.39 is 17.5 Å².